The highest BCUT2D eigenvalue weighted by atomic mass is 35.5. The van der Waals surface area contributed by atoms with Crippen molar-refractivity contribution in [2.24, 2.45) is 0 Å². The first-order valence-electron chi connectivity index (χ1n) is 7.97. The second-order valence-electron chi connectivity index (χ2n) is 5.95. The fourth-order valence-corrected chi connectivity index (χ4v) is 2.67. The molecule has 0 spiro atoms. The number of carbonyl (C=O) groups is 1. The molecule has 0 heterocycles. The molecule has 2 rings (SSSR count). The van der Waals surface area contributed by atoms with Crippen LogP contribution >= 0.6 is 11.6 Å². The summed E-state index contributed by atoms with van der Waals surface area (Å²) < 4.78 is 19.1. The van der Waals surface area contributed by atoms with E-state index in [1.54, 1.807) is 7.11 Å². The van der Waals surface area contributed by atoms with Crippen molar-refractivity contribution in [2.45, 2.75) is 19.4 Å². The largest absolute Gasteiger partial charge is 0.496 e. The number of ether oxygens (including phenoxy) is 1. The van der Waals surface area contributed by atoms with Crippen LogP contribution in [0.2, 0.25) is 5.02 Å². The number of hydrogen-bond donors (Lipinski definition) is 1. The van der Waals surface area contributed by atoms with Gasteiger partial charge in [-0.2, -0.15) is 0 Å². The van der Waals surface area contributed by atoms with Crippen molar-refractivity contribution >= 4 is 23.2 Å². The molecule has 0 fully saturated rings. The monoisotopic (exact) mass is 364 g/mol. The van der Waals surface area contributed by atoms with Gasteiger partial charge in [0.1, 0.15) is 11.6 Å². The molecule has 0 aliphatic carbocycles. The van der Waals surface area contributed by atoms with E-state index >= 15 is 0 Å². The molecule has 0 aliphatic rings. The summed E-state index contributed by atoms with van der Waals surface area (Å²) >= 11 is 5.71. The highest BCUT2D eigenvalue weighted by molar-refractivity contribution is 6.30. The quantitative estimate of drug-likeness (QED) is 0.807. The molecule has 0 aromatic heterocycles. The lowest BCUT2D eigenvalue weighted by atomic mass is 10.1. The third kappa shape index (κ3) is 5.44. The van der Waals surface area contributed by atoms with Crippen molar-refractivity contribution in [2.75, 3.05) is 26.0 Å². The van der Waals surface area contributed by atoms with E-state index in [4.69, 9.17) is 16.3 Å². The molecule has 6 heteroatoms. The van der Waals surface area contributed by atoms with Gasteiger partial charge in [0.2, 0.25) is 5.91 Å². The summed E-state index contributed by atoms with van der Waals surface area (Å²) in [5.41, 5.74) is 1.20. The Labute approximate surface area is 152 Å². The third-order valence-electron chi connectivity index (χ3n) is 4.06. The van der Waals surface area contributed by atoms with Crippen LogP contribution < -0.4 is 10.1 Å². The number of carbonyl (C=O) groups excluding carboxylic acids is 1. The number of likely N-dealkylation sites (N-methyl/N-ethyl adjacent to an activating group) is 1. The van der Waals surface area contributed by atoms with Gasteiger partial charge >= 0.3 is 0 Å². The predicted molar refractivity (Wildman–Crippen MR) is 98.8 cm³/mol. The van der Waals surface area contributed by atoms with Crippen molar-refractivity contribution in [1.82, 2.24) is 4.90 Å². The van der Waals surface area contributed by atoms with Crippen LogP contribution in [0.3, 0.4) is 0 Å². The second kappa shape index (κ2) is 8.83. The standard InChI is InChI=1S/C19H22ClFN2O2/c1-13(10-14-6-4-5-7-18(14)25-3)23(2)12-19(24)22-17-9-8-15(20)11-16(17)21/h4-9,11,13H,10,12H2,1-3H3,(H,22,24). The van der Waals surface area contributed by atoms with E-state index < -0.39 is 5.82 Å². The average molecular weight is 365 g/mol. The Morgan fingerprint density at radius 3 is 2.72 bits per heavy atom. The number of para-hydroxylation sites is 1. The molecule has 0 bridgehead atoms. The number of hydrogen-bond acceptors (Lipinski definition) is 3. The fourth-order valence-electron chi connectivity index (χ4n) is 2.51. The van der Waals surface area contributed by atoms with E-state index in [1.807, 2.05) is 43.1 Å². The summed E-state index contributed by atoms with van der Waals surface area (Å²) in [6.07, 6.45) is 0.739. The SMILES string of the molecule is COc1ccccc1CC(C)N(C)CC(=O)Nc1ccc(Cl)cc1F. The normalized spacial score (nSPS) is 12.1. The minimum Gasteiger partial charge on any atom is -0.496 e. The molecule has 0 saturated heterocycles. The molecular formula is C19H22ClFN2O2. The Balaban J connectivity index is 1.93. The van der Waals surface area contributed by atoms with E-state index in [9.17, 15) is 9.18 Å². The van der Waals surface area contributed by atoms with Gasteiger partial charge in [-0.25, -0.2) is 4.39 Å². The number of nitrogens with one attached hydrogen (secondary N) is 1. The van der Waals surface area contributed by atoms with Crippen LogP contribution in [0.5, 0.6) is 5.75 Å². The van der Waals surface area contributed by atoms with Crippen molar-refractivity contribution in [3.8, 4) is 5.75 Å². The molecule has 0 aliphatic heterocycles. The first-order chi connectivity index (χ1) is 11.9. The number of anilines is 1. The summed E-state index contributed by atoms with van der Waals surface area (Å²) in [7, 11) is 3.50. The molecule has 1 amide bonds. The van der Waals surface area contributed by atoms with Crippen LogP contribution in [0.15, 0.2) is 42.5 Å². The number of nitrogens with zero attached hydrogens (tertiary/aromatic N) is 1. The summed E-state index contributed by atoms with van der Waals surface area (Å²) in [4.78, 5) is 14.1. The van der Waals surface area contributed by atoms with Crippen molar-refractivity contribution in [1.29, 1.82) is 0 Å². The third-order valence-corrected chi connectivity index (χ3v) is 4.29. The number of rotatable bonds is 7. The lowest BCUT2D eigenvalue weighted by Gasteiger charge is -2.25. The van der Waals surface area contributed by atoms with Gasteiger partial charge in [0.05, 0.1) is 19.3 Å². The topological polar surface area (TPSA) is 41.6 Å². The Hall–Kier alpha value is -2.11. The van der Waals surface area contributed by atoms with Gasteiger partial charge in [-0.1, -0.05) is 29.8 Å². The zero-order valence-corrected chi connectivity index (χ0v) is 15.3. The van der Waals surface area contributed by atoms with E-state index in [-0.39, 0.29) is 29.2 Å². The molecule has 134 valence electrons. The predicted octanol–water partition coefficient (Wildman–Crippen LogP) is 3.99. The maximum Gasteiger partial charge on any atom is 0.238 e. The Morgan fingerprint density at radius 1 is 1.32 bits per heavy atom. The van der Waals surface area contributed by atoms with Crippen molar-refractivity contribution in [3.05, 3.63) is 58.9 Å². The summed E-state index contributed by atoms with van der Waals surface area (Å²) in [6.45, 7) is 2.18. The van der Waals surface area contributed by atoms with Gasteiger partial charge in [0.15, 0.2) is 0 Å². The van der Waals surface area contributed by atoms with Crippen LogP contribution in [0.4, 0.5) is 10.1 Å². The van der Waals surface area contributed by atoms with Gasteiger partial charge in [-0.3, -0.25) is 9.69 Å². The number of halogens is 2. The molecule has 25 heavy (non-hydrogen) atoms. The van der Waals surface area contributed by atoms with Gasteiger partial charge in [0, 0.05) is 11.1 Å². The highest BCUT2D eigenvalue weighted by Crippen LogP contribution is 2.21. The molecule has 1 N–H and O–H groups in total. The minimum absolute atomic E-state index is 0.108. The molecule has 2 aromatic carbocycles. The fraction of sp³-hybridized carbons (Fsp3) is 0.316. The molecule has 2 aromatic rings. The zero-order valence-electron chi connectivity index (χ0n) is 14.6. The highest BCUT2D eigenvalue weighted by Gasteiger charge is 2.16. The summed E-state index contributed by atoms with van der Waals surface area (Å²) in [5.74, 6) is -0.00314. The van der Waals surface area contributed by atoms with Crippen molar-refractivity contribution in [3.63, 3.8) is 0 Å². The second-order valence-corrected chi connectivity index (χ2v) is 6.39. The molecule has 0 radical (unpaired) electrons. The first kappa shape index (κ1) is 19.2. The smallest absolute Gasteiger partial charge is 0.238 e. The zero-order chi connectivity index (χ0) is 18.4. The maximum atomic E-state index is 13.8. The van der Waals surface area contributed by atoms with Gasteiger partial charge in [-0.05, 0) is 50.2 Å². The Morgan fingerprint density at radius 2 is 2.04 bits per heavy atom. The average Bonchev–Trinajstić information content (AvgIpc) is 2.57. The number of amides is 1. The number of methoxy groups -OCH3 is 1. The summed E-state index contributed by atoms with van der Waals surface area (Å²) in [6, 6.07) is 12.1. The molecule has 0 saturated carbocycles. The first-order valence-corrected chi connectivity index (χ1v) is 8.35. The van der Waals surface area contributed by atoms with E-state index in [0.717, 1.165) is 17.7 Å². The van der Waals surface area contributed by atoms with Crippen LogP contribution in [-0.4, -0.2) is 37.6 Å². The van der Waals surface area contributed by atoms with Crippen LogP contribution in [0.1, 0.15) is 12.5 Å². The van der Waals surface area contributed by atoms with Crippen LogP contribution in [0, 0.1) is 5.82 Å². The van der Waals surface area contributed by atoms with E-state index in [1.165, 1.54) is 18.2 Å². The van der Waals surface area contributed by atoms with Gasteiger partial charge in [-0.15, -0.1) is 0 Å². The van der Waals surface area contributed by atoms with E-state index in [0.29, 0.717) is 0 Å². The van der Waals surface area contributed by atoms with E-state index in [2.05, 4.69) is 5.32 Å². The van der Waals surface area contributed by atoms with Crippen LogP contribution in [-0.2, 0) is 11.2 Å². The van der Waals surface area contributed by atoms with Crippen LogP contribution in [0.25, 0.3) is 0 Å². The molecule has 4 nitrogen and oxygen atoms in total. The maximum absolute atomic E-state index is 13.8. The number of benzene rings is 2. The van der Waals surface area contributed by atoms with Gasteiger partial charge < -0.3 is 10.1 Å². The van der Waals surface area contributed by atoms with Crippen molar-refractivity contribution < 1.29 is 13.9 Å². The Kier molecular flexibility index (Phi) is 6.79. The molecule has 1 unspecified atom stereocenters. The lowest BCUT2D eigenvalue weighted by Crippen LogP contribution is -2.37. The Bertz CT molecular complexity index is 739. The van der Waals surface area contributed by atoms with Gasteiger partial charge in [0.25, 0.3) is 0 Å². The molecule has 1 atom stereocenters. The molecular weight excluding hydrogens is 343 g/mol. The summed E-state index contributed by atoms with van der Waals surface area (Å²) in [5, 5.41) is 2.86. The lowest BCUT2D eigenvalue weighted by molar-refractivity contribution is -0.117. The minimum atomic E-state index is -0.550.